The number of amides is 1. The lowest BCUT2D eigenvalue weighted by Crippen LogP contribution is -2.21. The summed E-state index contributed by atoms with van der Waals surface area (Å²) >= 11 is 6.02. The van der Waals surface area contributed by atoms with E-state index < -0.39 is 0 Å². The first-order valence-corrected chi connectivity index (χ1v) is 8.43. The number of para-hydroxylation sites is 1. The maximum atomic E-state index is 12.1. The molecule has 1 amide bonds. The lowest BCUT2D eigenvalue weighted by Gasteiger charge is -2.13. The zero-order chi connectivity index (χ0) is 19.6. The van der Waals surface area contributed by atoms with Crippen molar-refractivity contribution < 1.29 is 14.3 Å². The van der Waals surface area contributed by atoms with Crippen molar-refractivity contribution in [2.24, 2.45) is 21.7 Å². The first-order valence-electron chi connectivity index (χ1n) is 8.05. The minimum atomic E-state index is -0.344. The molecule has 8 nitrogen and oxygen atoms in total. The number of rotatable bonds is 8. The van der Waals surface area contributed by atoms with Crippen LogP contribution >= 0.6 is 11.6 Å². The van der Waals surface area contributed by atoms with E-state index in [4.69, 9.17) is 32.5 Å². The number of nitrogens with zero attached hydrogens (tertiary/aromatic N) is 2. The van der Waals surface area contributed by atoms with Gasteiger partial charge in [0, 0.05) is 0 Å². The Morgan fingerprint density at radius 1 is 1.19 bits per heavy atom. The second kappa shape index (κ2) is 10.0. The number of benzene rings is 2. The summed E-state index contributed by atoms with van der Waals surface area (Å²) < 4.78 is 11.1. The summed E-state index contributed by atoms with van der Waals surface area (Å²) in [6.07, 6.45) is 1.47. The van der Waals surface area contributed by atoms with Gasteiger partial charge in [0.15, 0.2) is 18.1 Å². The van der Waals surface area contributed by atoms with E-state index in [1.54, 1.807) is 42.5 Å². The molecule has 0 radical (unpaired) electrons. The van der Waals surface area contributed by atoms with Crippen LogP contribution in [0.3, 0.4) is 0 Å². The van der Waals surface area contributed by atoms with E-state index in [1.807, 2.05) is 6.92 Å². The topological polar surface area (TPSA) is 124 Å². The number of nitrogens with two attached hydrogens (primary N) is 2. The highest BCUT2D eigenvalue weighted by atomic mass is 35.5. The fourth-order valence-corrected chi connectivity index (χ4v) is 2.23. The minimum absolute atomic E-state index is 0.138. The largest absolute Gasteiger partial charge is 0.490 e. The lowest BCUT2D eigenvalue weighted by molar-refractivity contribution is -0.118. The van der Waals surface area contributed by atoms with Gasteiger partial charge in [-0.25, -0.2) is 0 Å². The number of carbonyl (C=O) groups is 1. The third-order valence-electron chi connectivity index (χ3n) is 3.15. The van der Waals surface area contributed by atoms with E-state index >= 15 is 0 Å². The van der Waals surface area contributed by atoms with Crippen molar-refractivity contribution in [3.05, 3.63) is 53.1 Å². The zero-order valence-corrected chi connectivity index (χ0v) is 15.4. The average molecular weight is 390 g/mol. The van der Waals surface area contributed by atoms with E-state index in [0.717, 1.165) is 0 Å². The molecule has 2 rings (SSSR count). The van der Waals surface area contributed by atoms with Crippen LogP contribution < -0.4 is 26.3 Å². The van der Waals surface area contributed by atoms with Gasteiger partial charge < -0.3 is 26.3 Å². The predicted molar refractivity (Wildman–Crippen MR) is 107 cm³/mol. The SMILES string of the molecule is CCOc1cc(C=NN=C(N)N)ccc1OCC(=O)Nc1ccccc1Cl. The summed E-state index contributed by atoms with van der Waals surface area (Å²) in [5.74, 6) is 0.409. The van der Waals surface area contributed by atoms with E-state index in [9.17, 15) is 4.79 Å². The maximum absolute atomic E-state index is 12.1. The van der Waals surface area contributed by atoms with Gasteiger partial charge >= 0.3 is 0 Å². The van der Waals surface area contributed by atoms with Gasteiger partial charge in [-0.2, -0.15) is 5.10 Å². The van der Waals surface area contributed by atoms with Gasteiger partial charge in [0.05, 0.1) is 23.5 Å². The second-order valence-corrected chi connectivity index (χ2v) is 5.63. The van der Waals surface area contributed by atoms with Crippen LogP contribution in [0.2, 0.25) is 5.02 Å². The summed E-state index contributed by atoms with van der Waals surface area (Å²) in [5.41, 5.74) is 11.7. The molecule has 9 heteroatoms. The smallest absolute Gasteiger partial charge is 0.262 e. The standard InChI is InChI=1S/C18H20ClN5O3/c1-2-26-16-9-12(10-22-24-18(20)21)7-8-15(16)27-11-17(25)23-14-6-4-3-5-13(14)19/h3-10H,2,11H2,1H3,(H,23,25)(H4,20,21,24). The first kappa shape index (κ1) is 20.1. The minimum Gasteiger partial charge on any atom is -0.490 e. The molecule has 2 aromatic rings. The Kier molecular flexibility index (Phi) is 7.45. The summed E-state index contributed by atoms with van der Waals surface area (Å²) in [5, 5.41) is 10.4. The number of nitrogens with one attached hydrogen (secondary N) is 1. The zero-order valence-electron chi connectivity index (χ0n) is 14.7. The van der Waals surface area contributed by atoms with Crippen LogP contribution in [0, 0.1) is 0 Å². The fourth-order valence-electron chi connectivity index (χ4n) is 2.05. The first-order chi connectivity index (χ1) is 13.0. The summed E-state index contributed by atoms with van der Waals surface area (Å²) in [6, 6.07) is 12.1. The normalized spacial score (nSPS) is 10.4. The second-order valence-electron chi connectivity index (χ2n) is 5.23. The Bertz CT molecular complexity index is 851. The van der Waals surface area contributed by atoms with Crippen molar-refractivity contribution in [1.82, 2.24) is 0 Å². The lowest BCUT2D eigenvalue weighted by atomic mass is 10.2. The van der Waals surface area contributed by atoms with Crippen LogP contribution in [0.4, 0.5) is 5.69 Å². The number of carbonyl (C=O) groups excluding carboxylic acids is 1. The molecule has 0 unspecified atom stereocenters. The molecule has 142 valence electrons. The number of halogens is 1. The molecule has 5 N–H and O–H groups in total. The maximum Gasteiger partial charge on any atom is 0.262 e. The molecule has 0 fully saturated rings. The quantitative estimate of drug-likeness (QED) is 0.363. The highest BCUT2D eigenvalue weighted by Gasteiger charge is 2.10. The van der Waals surface area contributed by atoms with Crippen molar-refractivity contribution in [2.75, 3.05) is 18.5 Å². The van der Waals surface area contributed by atoms with Crippen LogP contribution in [-0.2, 0) is 4.79 Å². The highest BCUT2D eigenvalue weighted by molar-refractivity contribution is 6.33. The number of anilines is 1. The molecular weight excluding hydrogens is 370 g/mol. The fraction of sp³-hybridized carbons (Fsp3) is 0.167. The van der Waals surface area contributed by atoms with Gasteiger partial charge in [-0.3, -0.25) is 4.79 Å². The summed E-state index contributed by atoms with van der Waals surface area (Å²) in [6.45, 7) is 2.07. The van der Waals surface area contributed by atoms with Gasteiger partial charge in [-0.15, -0.1) is 5.10 Å². The number of ether oxygens (including phenoxy) is 2. The van der Waals surface area contributed by atoms with Crippen LogP contribution in [0.5, 0.6) is 11.5 Å². The Labute approximate surface area is 161 Å². The third-order valence-corrected chi connectivity index (χ3v) is 3.48. The predicted octanol–water partition coefficient (Wildman–Crippen LogP) is 2.36. The van der Waals surface area contributed by atoms with Crippen LogP contribution in [-0.4, -0.2) is 31.3 Å². The van der Waals surface area contributed by atoms with Crippen LogP contribution in [0.15, 0.2) is 52.7 Å². The number of guanidine groups is 1. The van der Waals surface area contributed by atoms with E-state index in [0.29, 0.717) is 34.4 Å². The Balaban J connectivity index is 2.04. The van der Waals surface area contributed by atoms with Crippen LogP contribution in [0.1, 0.15) is 12.5 Å². The molecule has 27 heavy (non-hydrogen) atoms. The van der Waals surface area contributed by atoms with E-state index in [1.165, 1.54) is 6.21 Å². The summed E-state index contributed by atoms with van der Waals surface area (Å²) in [7, 11) is 0. The molecule has 0 aliphatic heterocycles. The summed E-state index contributed by atoms with van der Waals surface area (Å²) in [4.78, 5) is 12.1. The van der Waals surface area contributed by atoms with Crippen molar-refractivity contribution in [3.63, 3.8) is 0 Å². The Morgan fingerprint density at radius 3 is 2.67 bits per heavy atom. The molecule has 0 saturated carbocycles. The molecule has 0 spiro atoms. The van der Waals surface area contributed by atoms with Gasteiger partial charge in [-0.05, 0) is 42.8 Å². The van der Waals surface area contributed by atoms with Gasteiger partial charge in [0.2, 0.25) is 5.96 Å². The molecule has 2 aromatic carbocycles. The van der Waals surface area contributed by atoms with Gasteiger partial charge in [0.1, 0.15) is 0 Å². The molecule has 0 aliphatic carbocycles. The average Bonchev–Trinajstić information content (AvgIpc) is 2.63. The van der Waals surface area contributed by atoms with Gasteiger partial charge in [0.25, 0.3) is 5.91 Å². The van der Waals surface area contributed by atoms with Crippen molar-refractivity contribution in [1.29, 1.82) is 0 Å². The molecule has 0 heterocycles. The molecule has 0 atom stereocenters. The van der Waals surface area contributed by atoms with Crippen molar-refractivity contribution >= 4 is 35.4 Å². The Hall–Kier alpha value is -3.26. The Morgan fingerprint density at radius 2 is 1.96 bits per heavy atom. The molecule has 0 aliphatic rings. The molecule has 0 bridgehead atoms. The molecule has 0 saturated heterocycles. The van der Waals surface area contributed by atoms with Gasteiger partial charge in [-0.1, -0.05) is 23.7 Å². The van der Waals surface area contributed by atoms with Crippen molar-refractivity contribution in [2.45, 2.75) is 6.92 Å². The van der Waals surface area contributed by atoms with E-state index in [2.05, 4.69) is 15.5 Å². The molecular formula is C18H20ClN5O3. The van der Waals surface area contributed by atoms with E-state index in [-0.39, 0.29) is 18.5 Å². The number of hydrogen-bond acceptors (Lipinski definition) is 5. The third kappa shape index (κ3) is 6.52. The highest BCUT2D eigenvalue weighted by Crippen LogP contribution is 2.28. The van der Waals surface area contributed by atoms with Crippen molar-refractivity contribution in [3.8, 4) is 11.5 Å². The monoisotopic (exact) mass is 389 g/mol. The number of hydrogen-bond donors (Lipinski definition) is 3. The molecule has 0 aromatic heterocycles. The van der Waals surface area contributed by atoms with Crippen LogP contribution in [0.25, 0.3) is 0 Å².